The number of aromatic nitrogens is 3. The fraction of sp³-hybridized carbons (Fsp3) is 0.571. The molecule has 0 saturated heterocycles. The first-order valence-corrected chi connectivity index (χ1v) is 6.82. The van der Waals surface area contributed by atoms with Crippen molar-refractivity contribution in [2.75, 3.05) is 5.73 Å². The van der Waals surface area contributed by atoms with Gasteiger partial charge in [0.2, 0.25) is 5.95 Å². The number of nitrogens with two attached hydrogens (primary N) is 1. The second-order valence-corrected chi connectivity index (χ2v) is 5.42. The van der Waals surface area contributed by atoms with Crippen LogP contribution in [-0.4, -0.2) is 14.5 Å². The highest BCUT2D eigenvalue weighted by Gasteiger charge is 2.16. The first-order chi connectivity index (χ1) is 8.74. The van der Waals surface area contributed by atoms with E-state index in [1.54, 1.807) is 0 Å². The van der Waals surface area contributed by atoms with Crippen LogP contribution in [0, 0.1) is 12.8 Å². The number of rotatable bonds is 3. The average Bonchev–Trinajstić information content (AvgIpc) is 2.93. The Balaban J connectivity index is 1.84. The Morgan fingerprint density at radius 1 is 1.39 bits per heavy atom. The predicted octanol–water partition coefficient (Wildman–Crippen LogP) is 2.90. The van der Waals surface area contributed by atoms with Crippen molar-refractivity contribution < 1.29 is 0 Å². The van der Waals surface area contributed by atoms with Crippen LogP contribution in [0.4, 0.5) is 5.95 Å². The molecule has 2 N–H and O–H groups in total. The quantitative estimate of drug-likeness (QED) is 0.903. The van der Waals surface area contributed by atoms with E-state index in [2.05, 4.69) is 14.5 Å². The van der Waals surface area contributed by atoms with Crippen molar-refractivity contribution in [3.8, 4) is 0 Å². The highest BCUT2D eigenvalue weighted by Crippen LogP contribution is 2.28. The molecule has 0 amide bonds. The van der Waals surface area contributed by atoms with Gasteiger partial charge in [-0.3, -0.25) is 4.57 Å². The van der Waals surface area contributed by atoms with Crippen LogP contribution in [-0.2, 0) is 6.54 Å². The lowest BCUT2D eigenvalue weighted by atomic mass is 10.0. The summed E-state index contributed by atoms with van der Waals surface area (Å²) in [5.74, 6) is 1.47. The molecule has 0 aromatic carbocycles. The molecule has 96 valence electrons. The number of hydrogen-bond acceptors (Lipinski definition) is 3. The maximum atomic E-state index is 6.00. The molecule has 18 heavy (non-hydrogen) atoms. The molecule has 1 fully saturated rings. The molecule has 0 atom stereocenters. The number of fused-ring (bicyclic) bond motifs is 1. The van der Waals surface area contributed by atoms with Crippen molar-refractivity contribution in [3.05, 3.63) is 17.8 Å². The summed E-state index contributed by atoms with van der Waals surface area (Å²) in [7, 11) is 0. The third-order valence-electron chi connectivity index (χ3n) is 3.99. The Labute approximate surface area is 107 Å². The molecule has 1 aliphatic rings. The minimum Gasteiger partial charge on any atom is -0.369 e. The zero-order valence-electron chi connectivity index (χ0n) is 10.9. The maximum absolute atomic E-state index is 6.00. The largest absolute Gasteiger partial charge is 0.369 e. The second kappa shape index (κ2) is 4.59. The molecule has 2 heterocycles. The normalized spacial score (nSPS) is 16.7. The molecule has 1 saturated carbocycles. The Bertz CT molecular complexity index is 552. The van der Waals surface area contributed by atoms with Crippen LogP contribution >= 0.6 is 0 Å². The van der Waals surface area contributed by atoms with Gasteiger partial charge >= 0.3 is 0 Å². The summed E-state index contributed by atoms with van der Waals surface area (Å²) in [6.45, 7) is 2.98. The van der Waals surface area contributed by atoms with Gasteiger partial charge in [0.15, 0.2) is 5.65 Å². The van der Waals surface area contributed by atoms with Gasteiger partial charge in [0, 0.05) is 12.7 Å². The van der Waals surface area contributed by atoms with Crippen LogP contribution in [0.2, 0.25) is 0 Å². The lowest BCUT2D eigenvalue weighted by molar-refractivity contribution is 0.463. The predicted molar refractivity (Wildman–Crippen MR) is 73.3 cm³/mol. The Morgan fingerprint density at radius 2 is 2.17 bits per heavy atom. The van der Waals surface area contributed by atoms with Crippen LogP contribution in [0.25, 0.3) is 11.2 Å². The van der Waals surface area contributed by atoms with Crippen molar-refractivity contribution in [1.82, 2.24) is 14.5 Å². The van der Waals surface area contributed by atoms with Crippen molar-refractivity contribution in [2.24, 2.45) is 5.92 Å². The van der Waals surface area contributed by atoms with Gasteiger partial charge in [0.1, 0.15) is 5.52 Å². The molecule has 3 rings (SSSR count). The van der Waals surface area contributed by atoms with E-state index >= 15 is 0 Å². The molecule has 0 bridgehead atoms. The lowest BCUT2D eigenvalue weighted by Crippen LogP contribution is -2.07. The summed E-state index contributed by atoms with van der Waals surface area (Å²) in [4.78, 5) is 8.86. The van der Waals surface area contributed by atoms with Crippen molar-refractivity contribution >= 4 is 17.1 Å². The minimum absolute atomic E-state index is 0.598. The molecular weight excluding hydrogens is 224 g/mol. The molecule has 2 aromatic heterocycles. The molecule has 0 spiro atoms. The van der Waals surface area contributed by atoms with E-state index in [0.717, 1.165) is 29.2 Å². The summed E-state index contributed by atoms with van der Waals surface area (Å²) in [6.07, 6.45) is 8.61. The SMILES string of the molecule is Cc1cnc2c(c1)nc(N)n2CCC1CCCC1. The Morgan fingerprint density at radius 3 is 2.94 bits per heavy atom. The van der Waals surface area contributed by atoms with Gasteiger partial charge in [-0.25, -0.2) is 9.97 Å². The Kier molecular flexibility index (Phi) is 2.94. The number of anilines is 1. The molecule has 0 aliphatic heterocycles. The number of hydrogen-bond donors (Lipinski definition) is 1. The van der Waals surface area contributed by atoms with Gasteiger partial charge < -0.3 is 5.73 Å². The Hall–Kier alpha value is -1.58. The molecule has 2 aromatic rings. The zero-order chi connectivity index (χ0) is 12.5. The van der Waals surface area contributed by atoms with E-state index in [-0.39, 0.29) is 0 Å². The van der Waals surface area contributed by atoms with Crippen LogP contribution in [0.3, 0.4) is 0 Å². The van der Waals surface area contributed by atoms with E-state index < -0.39 is 0 Å². The van der Waals surface area contributed by atoms with E-state index in [1.807, 2.05) is 19.2 Å². The fourth-order valence-corrected chi connectivity index (χ4v) is 2.96. The topological polar surface area (TPSA) is 56.7 Å². The molecule has 4 heteroatoms. The molecule has 0 unspecified atom stereocenters. The summed E-state index contributed by atoms with van der Waals surface area (Å²) >= 11 is 0. The number of imidazole rings is 1. The van der Waals surface area contributed by atoms with E-state index in [9.17, 15) is 0 Å². The summed E-state index contributed by atoms with van der Waals surface area (Å²) in [5.41, 5.74) is 8.97. The van der Waals surface area contributed by atoms with E-state index in [0.29, 0.717) is 5.95 Å². The second-order valence-electron chi connectivity index (χ2n) is 5.42. The number of nitrogen functional groups attached to an aromatic ring is 1. The summed E-state index contributed by atoms with van der Waals surface area (Å²) in [5, 5.41) is 0. The van der Waals surface area contributed by atoms with Crippen LogP contribution in [0.15, 0.2) is 12.3 Å². The fourth-order valence-electron chi connectivity index (χ4n) is 2.96. The molecular formula is C14H20N4. The minimum atomic E-state index is 0.598. The van der Waals surface area contributed by atoms with Gasteiger partial charge in [0.25, 0.3) is 0 Å². The van der Waals surface area contributed by atoms with Crippen molar-refractivity contribution in [2.45, 2.75) is 45.6 Å². The van der Waals surface area contributed by atoms with Gasteiger partial charge in [-0.1, -0.05) is 25.7 Å². The average molecular weight is 244 g/mol. The van der Waals surface area contributed by atoms with Crippen LogP contribution < -0.4 is 5.73 Å². The van der Waals surface area contributed by atoms with E-state index in [4.69, 9.17) is 5.73 Å². The van der Waals surface area contributed by atoms with Crippen molar-refractivity contribution in [1.29, 1.82) is 0 Å². The van der Waals surface area contributed by atoms with Crippen LogP contribution in [0.5, 0.6) is 0 Å². The molecule has 0 radical (unpaired) electrons. The third kappa shape index (κ3) is 2.07. The zero-order valence-corrected chi connectivity index (χ0v) is 10.9. The number of aryl methyl sites for hydroxylation is 2. The van der Waals surface area contributed by atoms with Crippen LogP contribution in [0.1, 0.15) is 37.7 Å². The summed E-state index contributed by atoms with van der Waals surface area (Å²) in [6, 6.07) is 2.05. The highest BCUT2D eigenvalue weighted by atomic mass is 15.2. The van der Waals surface area contributed by atoms with Crippen molar-refractivity contribution in [3.63, 3.8) is 0 Å². The number of pyridine rings is 1. The van der Waals surface area contributed by atoms with Gasteiger partial charge in [-0.15, -0.1) is 0 Å². The summed E-state index contributed by atoms with van der Waals surface area (Å²) < 4.78 is 2.06. The smallest absolute Gasteiger partial charge is 0.202 e. The monoisotopic (exact) mass is 244 g/mol. The number of nitrogens with zero attached hydrogens (tertiary/aromatic N) is 3. The third-order valence-corrected chi connectivity index (χ3v) is 3.99. The highest BCUT2D eigenvalue weighted by molar-refractivity contribution is 5.74. The first-order valence-electron chi connectivity index (χ1n) is 6.82. The first kappa shape index (κ1) is 11.5. The maximum Gasteiger partial charge on any atom is 0.202 e. The van der Waals surface area contributed by atoms with Gasteiger partial charge in [-0.2, -0.15) is 0 Å². The lowest BCUT2D eigenvalue weighted by Gasteiger charge is -2.10. The molecule has 1 aliphatic carbocycles. The van der Waals surface area contributed by atoms with E-state index in [1.165, 1.54) is 32.1 Å². The van der Waals surface area contributed by atoms with Gasteiger partial charge in [0.05, 0.1) is 0 Å². The molecule has 4 nitrogen and oxygen atoms in total. The standard InChI is InChI=1S/C14H20N4/c1-10-8-12-13(16-9-10)18(14(15)17-12)7-6-11-4-2-3-5-11/h8-9,11H,2-7H2,1H3,(H2,15,17). The van der Waals surface area contributed by atoms with Gasteiger partial charge in [-0.05, 0) is 30.9 Å².